The van der Waals surface area contributed by atoms with E-state index in [0.29, 0.717) is 0 Å². The van der Waals surface area contributed by atoms with Crippen LogP contribution in [0.25, 0.3) is 5.57 Å². The lowest BCUT2D eigenvalue weighted by atomic mass is 10.0. The third kappa shape index (κ3) is 5.50. The summed E-state index contributed by atoms with van der Waals surface area (Å²) in [4.78, 5) is 0. The van der Waals surface area contributed by atoms with Gasteiger partial charge >= 0.3 is 0 Å². The molecule has 0 aliphatic heterocycles. The summed E-state index contributed by atoms with van der Waals surface area (Å²) >= 11 is 0. The molecule has 0 aliphatic carbocycles. The lowest BCUT2D eigenvalue weighted by Crippen LogP contribution is -2.04. The monoisotopic (exact) mass is 229 g/mol. The van der Waals surface area contributed by atoms with E-state index < -0.39 is 0 Å². The fourth-order valence-electron chi connectivity index (χ4n) is 1.71. The number of hydrogen-bond donors (Lipinski definition) is 1. The molecule has 0 fully saturated rings. The number of benzene rings is 1. The summed E-state index contributed by atoms with van der Waals surface area (Å²) in [5.41, 5.74) is 4.15. The van der Waals surface area contributed by atoms with Gasteiger partial charge in [-0.2, -0.15) is 0 Å². The average molecular weight is 229 g/mol. The largest absolute Gasteiger partial charge is 0.316 e. The molecular formula is C16H23N. The molecule has 0 heterocycles. The molecule has 0 radical (unpaired) electrons. The minimum absolute atomic E-state index is 0.965. The van der Waals surface area contributed by atoms with Crippen molar-refractivity contribution in [3.63, 3.8) is 0 Å². The molecule has 0 bridgehead atoms. The topological polar surface area (TPSA) is 12.0 Å². The SMILES string of the molecule is CNC/C=C(\C)CCC=C(C)c1ccccc1. The van der Waals surface area contributed by atoms with Crippen molar-refractivity contribution in [3.05, 3.63) is 53.6 Å². The summed E-state index contributed by atoms with van der Waals surface area (Å²) < 4.78 is 0. The smallest absolute Gasteiger partial charge is 0.0134 e. The zero-order valence-corrected chi connectivity index (χ0v) is 11.2. The predicted octanol–water partition coefficient (Wildman–Crippen LogP) is 4.04. The van der Waals surface area contributed by atoms with Crippen LogP contribution >= 0.6 is 0 Å². The van der Waals surface area contributed by atoms with Gasteiger partial charge in [0.25, 0.3) is 0 Å². The van der Waals surface area contributed by atoms with Crippen LogP contribution in [0.1, 0.15) is 32.3 Å². The highest BCUT2D eigenvalue weighted by Gasteiger charge is 1.93. The maximum absolute atomic E-state index is 3.13. The zero-order chi connectivity index (χ0) is 12.5. The second-order valence-electron chi connectivity index (χ2n) is 4.40. The van der Waals surface area contributed by atoms with Gasteiger partial charge in [0.2, 0.25) is 0 Å². The first-order valence-electron chi connectivity index (χ1n) is 6.26. The molecule has 0 saturated heterocycles. The van der Waals surface area contributed by atoms with Gasteiger partial charge in [0.1, 0.15) is 0 Å². The van der Waals surface area contributed by atoms with Crippen LogP contribution in [0.3, 0.4) is 0 Å². The van der Waals surface area contributed by atoms with Crippen molar-refractivity contribution in [2.75, 3.05) is 13.6 Å². The van der Waals surface area contributed by atoms with Gasteiger partial charge in [0.05, 0.1) is 0 Å². The van der Waals surface area contributed by atoms with Crippen molar-refractivity contribution in [2.45, 2.75) is 26.7 Å². The van der Waals surface area contributed by atoms with E-state index in [-0.39, 0.29) is 0 Å². The second-order valence-corrected chi connectivity index (χ2v) is 4.40. The van der Waals surface area contributed by atoms with E-state index in [2.05, 4.69) is 61.6 Å². The summed E-state index contributed by atoms with van der Waals surface area (Å²) in [6.45, 7) is 5.35. The summed E-state index contributed by atoms with van der Waals surface area (Å²) in [6.07, 6.45) is 6.84. The molecule has 0 atom stereocenters. The fraction of sp³-hybridized carbons (Fsp3) is 0.375. The first kappa shape index (κ1) is 13.7. The van der Waals surface area contributed by atoms with Gasteiger partial charge < -0.3 is 5.32 Å². The highest BCUT2D eigenvalue weighted by atomic mass is 14.8. The Kier molecular flexibility index (Phi) is 6.34. The number of likely N-dealkylation sites (N-methyl/N-ethyl adjacent to an activating group) is 1. The third-order valence-corrected chi connectivity index (χ3v) is 2.87. The maximum Gasteiger partial charge on any atom is 0.0134 e. The summed E-state index contributed by atoms with van der Waals surface area (Å²) in [5, 5.41) is 3.13. The number of rotatable bonds is 6. The third-order valence-electron chi connectivity index (χ3n) is 2.87. The van der Waals surface area contributed by atoms with E-state index in [1.807, 2.05) is 7.05 Å². The van der Waals surface area contributed by atoms with Crippen molar-refractivity contribution >= 4 is 5.57 Å². The first-order chi connectivity index (χ1) is 8.24. The lowest BCUT2D eigenvalue weighted by molar-refractivity contribution is 0.892. The molecule has 1 nitrogen and oxygen atoms in total. The van der Waals surface area contributed by atoms with Crippen molar-refractivity contribution in [1.82, 2.24) is 5.32 Å². The Labute approximate surface area is 105 Å². The van der Waals surface area contributed by atoms with Crippen LogP contribution in [-0.2, 0) is 0 Å². The molecule has 0 aromatic heterocycles. The quantitative estimate of drug-likeness (QED) is 0.726. The Hall–Kier alpha value is -1.34. The van der Waals surface area contributed by atoms with Gasteiger partial charge in [-0.25, -0.2) is 0 Å². The Morgan fingerprint density at radius 2 is 1.82 bits per heavy atom. The fourth-order valence-corrected chi connectivity index (χ4v) is 1.71. The maximum atomic E-state index is 3.13. The average Bonchev–Trinajstić information content (AvgIpc) is 2.37. The van der Waals surface area contributed by atoms with E-state index in [1.165, 1.54) is 16.7 Å². The Morgan fingerprint density at radius 1 is 1.12 bits per heavy atom. The van der Waals surface area contributed by atoms with E-state index in [9.17, 15) is 0 Å². The van der Waals surface area contributed by atoms with E-state index in [1.54, 1.807) is 0 Å². The van der Waals surface area contributed by atoms with E-state index in [0.717, 1.165) is 19.4 Å². The van der Waals surface area contributed by atoms with Gasteiger partial charge in [-0.3, -0.25) is 0 Å². The van der Waals surface area contributed by atoms with Crippen LogP contribution in [0.4, 0.5) is 0 Å². The molecule has 92 valence electrons. The number of allylic oxidation sites excluding steroid dienone is 3. The Balaban J connectivity index is 2.44. The molecule has 1 aromatic carbocycles. The molecule has 1 rings (SSSR count). The zero-order valence-electron chi connectivity index (χ0n) is 11.2. The molecule has 0 unspecified atom stereocenters. The number of hydrogen-bond acceptors (Lipinski definition) is 1. The lowest BCUT2D eigenvalue weighted by Gasteiger charge is -2.02. The van der Waals surface area contributed by atoms with Gasteiger partial charge in [0.15, 0.2) is 0 Å². The molecule has 0 aliphatic rings. The normalized spacial score (nSPS) is 12.9. The van der Waals surface area contributed by atoms with Gasteiger partial charge in [-0.15, -0.1) is 0 Å². The molecular weight excluding hydrogens is 206 g/mol. The second kappa shape index (κ2) is 7.86. The van der Waals surface area contributed by atoms with Gasteiger partial charge in [0, 0.05) is 6.54 Å². The van der Waals surface area contributed by atoms with Gasteiger partial charge in [-0.1, -0.05) is 48.1 Å². The van der Waals surface area contributed by atoms with Crippen LogP contribution in [0.2, 0.25) is 0 Å². The molecule has 0 amide bonds. The summed E-state index contributed by atoms with van der Waals surface area (Å²) in [7, 11) is 1.98. The molecule has 1 aromatic rings. The van der Waals surface area contributed by atoms with Crippen LogP contribution in [0, 0.1) is 0 Å². The van der Waals surface area contributed by atoms with Crippen LogP contribution in [0.5, 0.6) is 0 Å². The van der Waals surface area contributed by atoms with Crippen LogP contribution < -0.4 is 5.32 Å². The van der Waals surface area contributed by atoms with Gasteiger partial charge in [-0.05, 0) is 44.9 Å². The van der Waals surface area contributed by atoms with Crippen molar-refractivity contribution in [3.8, 4) is 0 Å². The molecule has 1 heteroatoms. The molecule has 0 saturated carbocycles. The van der Waals surface area contributed by atoms with Crippen LogP contribution in [0.15, 0.2) is 48.1 Å². The molecule has 17 heavy (non-hydrogen) atoms. The number of nitrogens with one attached hydrogen (secondary N) is 1. The van der Waals surface area contributed by atoms with Crippen molar-refractivity contribution in [1.29, 1.82) is 0 Å². The van der Waals surface area contributed by atoms with E-state index >= 15 is 0 Å². The highest BCUT2D eigenvalue weighted by molar-refractivity contribution is 5.63. The molecule has 1 N–H and O–H groups in total. The van der Waals surface area contributed by atoms with Crippen molar-refractivity contribution in [2.24, 2.45) is 0 Å². The predicted molar refractivity (Wildman–Crippen MR) is 77.0 cm³/mol. The minimum Gasteiger partial charge on any atom is -0.316 e. The summed E-state index contributed by atoms with van der Waals surface area (Å²) in [5.74, 6) is 0. The highest BCUT2D eigenvalue weighted by Crippen LogP contribution is 2.15. The Morgan fingerprint density at radius 3 is 2.47 bits per heavy atom. The standard InChI is InChI=1S/C16H23N/c1-14(12-13-17-3)8-7-9-15(2)16-10-5-4-6-11-16/h4-6,9-12,17H,7-8,13H2,1-3H3/b14-12+,15-9?. The van der Waals surface area contributed by atoms with Crippen LogP contribution in [-0.4, -0.2) is 13.6 Å². The molecule has 0 spiro atoms. The minimum atomic E-state index is 0.965. The van der Waals surface area contributed by atoms with E-state index in [4.69, 9.17) is 0 Å². The van der Waals surface area contributed by atoms with Crippen molar-refractivity contribution < 1.29 is 0 Å². The Bertz CT molecular complexity index is 374. The first-order valence-corrected chi connectivity index (χ1v) is 6.26. The summed E-state index contributed by atoms with van der Waals surface area (Å²) in [6, 6.07) is 10.6.